The fourth-order valence-electron chi connectivity index (χ4n) is 16.1. The van der Waals surface area contributed by atoms with E-state index >= 15 is 0 Å². The topological polar surface area (TPSA) is 601 Å². The molecule has 7 aliphatic heterocycles. The molecule has 0 aromatic rings. The van der Waals surface area contributed by atoms with E-state index in [0.717, 1.165) is 65.2 Å². The van der Waals surface area contributed by atoms with Crippen molar-refractivity contribution in [3.05, 3.63) is 12.2 Å². The SMILES string of the molecule is CCCCCCCCCCCCC/C=C/[C@@H](O)[C@H](CO[C@@H]1OC(CO)[C@@H](O[C@@H]2OC(CO)[C@H](O)[C@H](O[C@@H]3OC(CO)[C@@H](O[C@@H]4OC(CO)[C@H](O)[C@H](O[C@H]5OC(CO)[C@H](O)[C@H](O)C5NC(C)=O)C4O[C@H]4OC(C)[C@@H](O)C(O)[C@@H]4O)[C@H](O[C@H]4OC(C)[C@@H](O)C(O)[C@@H]4O)C3NC(C)=O)C2O)[C@H](O)C1O)NC(=O)CCCCCCCCCCCCCCC. The molecule has 39 heteroatoms. The second kappa shape index (κ2) is 52.8. The van der Waals surface area contributed by atoms with Crippen LogP contribution in [0.3, 0.4) is 0 Å². The average Bonchev–Trinajstić information content (AvgIpc) is 0.754. The Morgan fingerprint density at radius 3 is 1.22 bits per heavy atom. The molecule has 39 nitrogen and oxygen atoms in total. The van der Waals surface area contributed by atoms with Crippen molar-refractivity contribution >= 4 is 17.7 Å². The second-order valence-corrected chi connectivity index (χ2v) is 32.7. The Kier molecular flexibility index (Phi) is 45.7. The van der Waals surface area contributed by atoms with E-state index in [1.165, 1.54) is 110 Å². The van der Waals surface area contributed by atoms with Gasteiger partial charge in [-0.25, -0.2) is 0 Å². The predicted molar refractivity (Wildman–Crippen MR) is 414 cm³/mol. The number of hydrogen-bond acceptors (Lipinski definition) is 36. The Morgan fingerprint density at radius 2 is 0.714 bits per heavy atom. The molecule has 0 aromatic carbocycles. The number of aliphatic hydroxyl groups excluding tert-OH is 19. The standard InChI is InChI=1S/C80H143N3O36/c1-7-9-11-13-15-17-19-21-23-25-27-29-31-33-46(91)45(83-52(92)34-32-30-28-26-24-22-20-18-16-14-12-10-8-2)40-106-76-66(104)63(101)68(50(38-87)113-76)114-79-67(105)71(58(96)48(36-85)110-79)117-75-54(82-44(6)90)70(116-77-64(102)61(99)55(93)41(3)107-77)69(51(39-88)112-75)115-80-73(119-78-65(103)62(100)56(94)42(4)108-78)72(59(97)49(37-86)111-80)118-74-53(81-43(5)89)60(98)57(95)47(35-84)109-74/h31,33,41-42,45-51,53-80,84-88,91,93-105H,7-30,32,34-40H2,1-6H3,(H,81,89)(H,82,90)(H,83,92)/b33-31+/t41?,42?,45-,46+,47?,48?,49?,50?,51?,53?,54?,55+,56+,57-,58-,59-,60+,61?,62?,63+,64-,65-,66?,67?,68+,69+,70+,71-,72-,73?,74+,75-,76+,77+,78+,79-,80-/m0/s1. The highest BCUT2D eigenvalue weighted by Crippen LogP contribution is 2.41. The summed E-state index contributed by atoms with van der Waals surface area (Å²) in [5.74, 6) is -2.15. The number of amides is 3. The van der Waals surface area contributed by atoms with Crippen LogP contribution in [0.2, 0.25) is 0 Å². The molecule has 7 heterocycles. The number of allylic oxidation sites excluding steroid dienone is 1. The van der Waals surface area contributed by atoms with Crippen molar-refractivity contribution in [3.63, 3.8) is 0 Å². The van der Waals surface area contributed by atoms with Crippen molar-refractivity contribution < 1.29 is 178 Å². The van der Waals surface area contributed by atoms with Crippen molar-refractivity contribution in [2.75, 3.05) is 39.6 Å². The van der Waals surface area contributed by atoms with Crippen LogP contribution in [-0.2, 0) is 80.7 Å². The van der Waals surface area contributed by atoms with E-state index in [2.05, 4.69) is 29.8 Å². The van der Waals surface area contributed by atoms with Gasteiger partial charge in [0.1, 0.15) is 159 Å². The molecule has 22 N–H and O–H groups in total. The molecule has 0 aliphatic carbocycles. The Labute approximate surface area is 696 Å². The number of nitrogens with one attached hydrogen (secondary N) is 3. The zero-order chi connectivity index (χ0) is 87.2. The van der Waals surface area contributed by atoms with Crippen molar-refractivity contribution in [2.45, 2.75) is 435 Å². The fraction of sp³-hybridized carbons (Fsp3) is 0.938. The zero-order valence-corrected chi connectivity index (χ0v) is 69.6. The number of carbonyl (C=O) groups excluding carboxylic acids is 3. The summed E-state index contributed by atoms with van der Waals surface area (Å²) >= 11 is 0. The molecule has 7 aliphatic rings. The van der Waals surface area contributed by atoms with Crippen LogP contribution in [0.4, 0.5) is 0 Å². The normalized spacial score (nSPS) is 39.6. The first-order valence-electron chi connectivity index (χ1n) is 43.2. The first kappa shape index (κ1) is 103. The van der Waals surface area contributed by atoms with Crippen LogP contribution in [-0.4, -0.2) is 381 Å². The average molecular weight is 1720 g/mol. The summed E-state index contributed by atoms with van der Waals surface area (Å²) < 4.78 is 86.1. The lowest BCUT2D eigenvalue weighted by atomic mass is 9.93. The molecule has 14 unspecified atom stereocenters. The number of ether oxygens (including phenoxy) is 14. The van der Waals surface area contributed by atoms with Crippen LogP contribution in [0.5, 0.6) is 0 Å². The van der Waals surface area contributed by atoms with Crippen molar-refractivity contribution in [2.24, 2.45) is 0 Å². The summed E-state index contributed by atoms with van der Waals surface area (Å²) in [6.45, 7) is 3.09. The summed E-state index contributed by atoms with van der Waals surface area (Å²) in [5.41, 5.74) is 0. The highest BCUT2D eigenvalue weighted by Gasteiger charge is 2.61. The minimum absolute atomic E-state index is 0.151. The smallest absolute Gasteiger partial charge is 0.220 e. The Bertz CT molecular complexity index is 2860. The monoisotopic (exact) mass is 1720 g/mol. The first-order chi connectivity index (χ1) is 57.0. The van der Waals surface area contributed by atoms with E-state index in [1.807, 2.05) is 6.08 Å². The number of aliphatic hydroxyl groups is 19. The zero-order valence-electron chi connectivity index (χ0n) is 69.6. The van der Waals surface area contributed by atoms with Crippen LogP contribution < -0.4 is 16.0 Å². The number of unbranched alkanes of at least 4 members (excludes halogenated alkanes) is 23. The molecule has 694 valence electrons. The van der Waals surface area contributed by atoms with E-state index in [4.69, 9.17) is 66.3 Å². The van der Waals surface area contributed by atoms with Crippen molar-refractivity contribution in [1.82, 2.24) is 16.0 Å². The van der Waals surface area contributed by atoms with Crippen molar-refractivity contribution in [1.29, 1.82) is 0 Å². The summed E-state index contributed by atoms with van der Waals surface area (Å²) in [4.78, 5) is 39.9. The van der Waals surface area contributed by atoms with Gasteiger partial charge < -0.3 is 179 Å². The van der Waals surface area contributed by atoms with Crippen LogP contribution in [0, 0.1) is 0 Å². The van der Waals surface area contributed by atoms with Gasteiger partial charge in [-0.3, -0.25) is 14.4 Å². The summed E-state index contributed by atoms with van der Waals surface area (Å²) in [6.07, 6.45) is -35.2. The van der Waals surface area contributed by atoms with Gasteiger partial charge in [0.15, 0.2) is 44.0 Å². The quantitative estimate of drug-likeness (QED) is 0.0209. The third-order valence-corrected chi connectivity index (χ3v) is 23.3. The summed E-state index contributed by atoms with van der Waals surface area (Å²) in [5, 5.41) is 223. The van der Waals surface area contributed by atoms with Gasteiger partial charge in [-0.1, -0.05) is 167 Å². The molecular formula is C80H143N3O36. The fourth-order valence-corrected chi connectivity index (χ4v) is 16.1. The molecule has 0 spiro atoms. The Balaban J connectivity index is 1.12. The second-order valence-electron chi connectivity index (χ2n) is 32.7. The van der Waals surface area contributed by atoms with E-state index in [1.54, 1.807) is 6.08 Å². The molecular weight excluding hydrogens is 1580 g/mol. The predicted octanol–water partition coefficient (Wildman–Crippen LogP) is -3.32. The van der Waals surface area contributed by atoms with Crippen LogP contribution in [0.15, 0.2) is 12.2 Å². The lowest BCUT2D eigenvalue weighted by Crippen LogP contribution is -2.72. The van der Waals surface area contributed by atoms with Gasteiger partial charge in [0.25, 0.3) is 0 Å². The van der Waals surface area contributed by atoms with Gasteiger partial charge in [0.05, 0.1) is 64.0 Å². The highest BCUT2D eigenvalue weighted by molar-refractivity contribution is 5.76. The maximum Gasteiger partial charge on any atom is 0.220 e. The molecule has 0 radical (unpaired) electrons. The molecule has 7 rings (SSSR count). The lowest BCUT2D eigenvalue weighted by molar-refractivity contribution is -0.409. The molecule has 37 atom stereocenters. The minimum atomic E-state index is -2.31. The van der Waals surface area contributed by atoms with Gasteiger partial charge >= 0.3 is 0 Å². The Morgan fingerprint density at radius 1 is 0.345 bits per heavy atom. The summed E-state index contributed by atoms with van der Waals surface area (Å²) in [6, 6.07) is -4.85. The third-order valence-electron chi connectivity index (χ3n) is 23.3. The van der Waals surface area contributed by atoms with E-state index < -0.39 is 278 Å². The van der Waals surface area contributed by atoms with E-state index in [0.29, 0.717) is 12.8 Å². The van der Waals surface area contributed by atoms with Crippen LogP contribution >= 0.6 is 0 Å². The molecule has 7 fully saturated rings. The van der Waals surface area contributed by atoms with Crippen LogP contribution in [0.1, 0.15) is 208 Å². The molecule has 0 saturated carbocycles. The maximum absolute atomic E-state index is 13.7. The van der Waals surface area contributed by atoms with Crippen molar-refractivity contribution in [3.8, 4) is 0 Å². The lowest BCUT2D eigenvalue weighted by Gasteiger charge is -2.53. The first-order valence-corrected chi connectivity index (χ1v) is 43.2. The van der Waals surface area contributed by atoms with E-state index in [9.17, 15) is 111 Å². The molecule has 3 amide bonds. The van der Waals surface area contributed by atoms with Gasteiger partial charge in [0, 0.05) is 20.3 Å². The maximum atomic E-state index is 13.7. The largest absolute Gasteiger partial charge is 0.394 e. The summed E-state index contributed by atoms with van der Waals surface area (Å²) in [7, 11) is 0. The third kappa shape index (κ3) is 29.7. The number of hydrogen-bond donors (Lipinski definition) is 22. The molecule has 7 saturated heterocycles. The van der Waals surface area contributed by atoms with Gasteiger partial charge in [-0.2, -0.15) is 0 Å². The highest BCUT2D eigenvalue weighted by atomic mass is 16.8. The van der Waals surface area contributed by atoms with E-state index in [-0.39, 0.29) is 12.3 Å². The van der Waals surface area contributed by atoms with Gasteiger partial charge in [-0.05, 0) is 33.1 Å². The minimum Gasteiger partial charge on any atom is -0.394 e. The number of rotatable bonds is 51. The van der Waals surface area contributed by atoms with Gasteiger partial charge in [0.2, 0.25) is 17.7 Å². The molecule has 0 bridgehead atoms. The number of carbonyl (C=O) groups is 3. The van der Waals surface area contributed by atoms with Crippen LogP contribution in [0.25, 0.3) is 0 Å². The Hall–Kier alpha value is -3.17. The molecule has 119 heavy (non-hydrogen) atoms. The molecule has 0 aromatic heterocycles. The van der Waals surface area contributed by atoms with Gasteiger partial charge in [-0.15, -0.1) is 0 Å².